The molecule has 0 spiro atoms. The highest BCUT2D eigenvalue weighted by Gasteiger charge is 2.48. The van der Waals surface area contributed by atoms with Crippen LogP contribution in [0.25, 0.3) is 17.8 Å². The second-order valence-corrected chi connectivity index (χ2v) is 8.47. The number of aromatic nitrogens is 5. The number of hydrogen-bond donors (Lipinski definition) is 0. The predicted molar refractivity (Wildman–Crippen MR) is 106 cm³/mol. The number of pyridine rings is 1. The van der Waals surface area contributed by atoms with E-state index >= 15 is 0 Å². The predicted octanol–water partition coefficient (Wildman–Crippen LogP) is 2.75. The lowest BCUT2D eigenvalue weighted by atomic mass is 10.2. The van der Waals surface area contributed by atoms with Gasteiger partial charge in [-0.05, 0) is 32.4 Å². The third-order valence-corrected chi connectivity index (χ3v) is 5.58. The maximum absolute atomic E-state index is 12.7. The Balaban J connectivity index is 1.69. The summed E-state index contributed by atoms with van der Waals surface area (Å²) in [6.07, 6.45) is 5.56. The summed E-state index contributed by atoms with van der Waals surface area (Å²) in [5.41, 5.74) is -3.31. The average molecular weight is 454 g/mol. The minimum atomic E-state index is -5.80. The maximum atomic E-state index is 12.7. The molecule has 3 aromatic rings. The van der Waals surface area contributed by atoms with Crippen LogP contribution in [-0.4, -0.2) is 51.6 Å². The van der Waals surface area contributed by atoms with Gasteiger partial charge in [0.25, 0.3) is 0 Å². The van der Waals surface area contributed by atoms with E-state index in [0.29, 0.717) is 36.1 Å². The maximum Gasteiger partial charge on any atom is 0.534 e. The van der Waals surface area contributed by atoms with E-state index in [4.69, 9.17) is 0 Å². The zero-order chi connectivity index (χ0) is 22.4. The Morgan fingerprint density at radius 3 is 2.48 bits per heavy atom. The van der Waals surface area contributed by atoms with Crippen molar-refractivity contribution in [1.82, 2.24) is 24.6 Å². The summed E-state index contributed by atoms with van der Waals surface area (Å²) in [5.74, 6) is 0.174. The summed E-state index contributed by atoms with van der Waals surface area (Å²) >= 11 is 0. The van der Waals surface area contributed by atoms with Gasteiger partial charge in [-0.2, -0.15) is 21.6 Å². The van der Waals surface area contributed by atoms with Crippen LogP contribution >= 0.6 is 0 Å². The molecule has 3 aromatic heterocycles. The molecule has 4 rings (SSSR count). The van der Waals surface area contributed by atoms with Crippen LogP contribution in [0.5, 0.6) is 5.75 Å². The number of anilines is 1. The first-order valence-electron chi connectivity index (χ1n) is 9.18. The van der Waals surface area contributed by atoms with Gasteiger partial charge in [0.05, 0.1) is 17.1 Å². The monoisotopic (exact) mass is 454 g/mol. The van der Waals surface area contributed by atoms with E-state index in [1.54, 1.807) is 22.5 Å². The first-order chi connectivity index (χ1) is 14.5. The largest absolute Gasteiger partial charge is 0.534 e. The highest BCUT2D eigenvalue weighted by atomic mass is 32.2. The molecule has 0 aliphatic carbocycles. The molecular formula is C18H17F3N6O3S. The fourth-order valence-corrected chi connectivity index (χ4v) is 3.31. The Labute approximate surface area is 175 Å². The fraction of sp³-hybridized carbons (Fsp3) is 0.333. The van der Waals surface area contributed by atoms with Gasteiger partial charge in [-0.3, -0.25) is 4.98 Å². The van der Waals surface area contributed by atoms with Crippen molar-refractivity contribution in [3.63, 3.8) is 0 Å². The van der Waals surface area contributed by atoms with Crippen LogP contribution in [0, 0.1) is 13.8 Å². The van der Waals surface area contributed by atoms with E-state index in [2.05, 4.69) is 24.2 Å². The number of hydrogen-bond acceptors (Lipinski definition) is 8. The molecule has 0 atom stereocenters. The number of halogens is 3. The molecule has 31 heavy (non-hydrogen) atoms. The van der Waals surface area contributed by atoms with Crippen LogP contribution in [0.15, 0.2) is 18.3 Å². The van der Waals surface area contributed by atoms with Crippen molar-refractivity contribution in [2.24, 2.45) is 0 Å². The first kappa shape index (κ1) is 21.0. The Morgan fingerprint density at radius 1 is 1.13 bits per heavy atom. The van der Waals surface area contributed by atoms with Crippen molar-refractivity contribution < 1.29 is 25.8 Å². The molecule has 0 radical (unpaired) electrons. The molecule has 4 heterocycles. The highest BCUT2D eigenvalue weighted by Crippen LogP contribution is 2.30. The van der Waals surface area contributed by atoms with Crippen molar-refractivity contribution >= 4 is 33.7 Å². The third-order valence-electron chi connectivity index (χ3n) is 4.60. The van der Waals surface area contributed by atoms with Gasteiger partial charge in [-0.15, -0.1) is 5.10 Å². The lowest BCUT2D eigenvalue weighted by Gasteiger charge is -2.32. The smallest absolute Gasteiger partial charge is 0.376 e. The number of fused-ring (bicyclic) bond motifs is 1. The van der Waals surface area contributed by atoms with Gasteiger partial charge in [0.15, 0.2) is 11.5 Å². The quantitative estimate of drug-likeness (QED) is 0.428. The van der Waals surface area contributed by atoms with Gasteiger partial charge in [-0.25, -0.2) is 14.5 Å². The Kier molecular flexibility index (Phi) is 5.07. The Morgan fingerprint density at radius 2 is 1.87 bits per heavy atom. The van der Waals surface area contributed by atoms with Crippen molar-refractivity contribution in [1.29, 1.82) is 0 Å². The molecule has 1 saturated heterocycles. The standard InChI is InChI=1S/C18H17F3N6O3S/c1-11-10-22-12(2)17-24-15(25-27(11)17)5-4-13-8-14(30-31(28,29)18(19,20)21)9-16(23-13)26-6-3-7-26/h4-5,8-10H,3,6-7H2,1-2H3/b5-4+. The number of aryl methyl sites for hydroxylation is 2. The minimum Gasteiger partial charge on any atom is -0.376 e. The molecule has 0 N–H and O–H groups in total. The van der Waals surface area contributed by atoms with Crippen molar-refractivity contribution in [2.45, 2.75) is 25.8 Å². The van der Waals surface area contributed by atoms with E-state index in [1.807, 2.05) is 6.92 Å². The normalized spacial score (nSPS) is 14.9. The van der Waals surface area contributed by atoms with E-state index in [0.717, 1.165) is 18.2 Å². The van der Waals surface area contributed by atoms with Gasteiger partial charge in [0, 0.05) is 31.4 Å². The zero-order valence-corrected chi connectivity index (χ0v) is 17.3. The van der Waals surface area contributed by atoms with Crippen LogP contribution in [0.3, 0.4) is 0 Å². The van der Waals surface area contributed by atoms with Crippen LogP contribution in [-0.2, 0) is 10.1 Å². The zero-order valence-electron chi connectivity index (χ0n) is 16.5. The molecule has 164 valence electrons. The Hall–Kier alpha value is -3.22. The Bertz CT molecular complexity index is 1240. The third kappa shape index (κ3) is 4.17. The minimum absolute atomic E-state index is 0.196. The average Bonchev–Trinajstić information content (AvgIpc) is 3.06. The van der Waals surface area contributed by atoms with E-state index in [-0.39, 0.29) is 5.69 Å². The van der Waals surface area contributed by atoms with Crippen molar-refractivity contribution in [2.75, 3.05) is 18.0 Å². The molecule has 1 aliphatic heterocycles. The lowest BCUT2D eigenvalue weighted by Crippen LogP contribution is -2.37. The van der Waals surface area contributed by atoms with Crippen LogP contribution in [0.1, 0.15) is 29.3 Å². The fourth-order valence-electron chi connectivity index (χ4n) is 2.87. The molecule has 0 aromatic carbocycles. The van der Waals surface area contributed by atoms with Crippen LogP contribution < -0.4 is 9.08 Å². The van der Waals surface area contributed by atoms with Crippen LogP contribution in [0.4, 0.5) is 19.0 Å². The summed E-state index contributed by atoms with van der Waals surface area (Å²) in [6, 6.07) is 2.28. The molecular weight excluding hydrogens is 437 g/mol. The summed E-state index contributed by atoms with van der Waals surface area (Å²) in [6.45, 7) is 4.93. The number of alkyl halides is 3. The van der Waals surface area contributed by atoms with Gasteiger partial charge in [0.2, 0.25) is 0 Å². The van der Waals surface area contributed by atoms with Crippen molar-refractivity contribution in [3.8, 4) is 5.75 Å². The van der Waals surface area contributed by atoms with Gasteiger partial charge in [-0.1, -0.05) is 0 Å². The molecule has 0 saturated carbocycles. The highest BCUT2D eigenvalue weighted by molar-refractivity contribution is 7.88. The molecule has 0 unspecified atom stereocenters. The van der Waals surface area contributed by atoms with E-state index < -0.39 is 21.4 Å². The molecule has 13 heteroatoms. The van der Waals surface area contributed by atoms with Gasteiger partial charge >= 0.3 is 15.6 Å². The number of rotatable bonds is 5. The molecule has 1 fully saturated rings. The molecule has 0 amide bonds. The lowest BCUT2D eigenvalue weighted by molar-refractivity contribution is -0.0500. The molecule has 0 bridgehead atoms. The van der Waals surface area contributed by atoms with Crippen molar-refractivity contribution in [3.05, 3.63) is 41.2 Å². The van der Waals surface area contributed by atoms with E-state index in [9.17, 15) is 21.6 Å². The summed E-state index contributed by atoms with van der Waals surface area (Å²) in [7, 11) is -5.80. The van der Waals surface area contributed by atoms with Crippen LogP contribution in [0.2, 0.25) is 0 Å². The number of nitrogens with zero attached hydrogens (tertiary/aromatic N) is 6. The van der Waals surface area contributed by atoms with Gasteiger partial charge in [0.1, 0.15) is 11.6 Å². The van der Waals surface area contributed by atoms with E-state index in [1.165, 1.54) is 18.2 Å². The second-order valence-electron chi connectivity index (χ2n) is 6.93. The summed E-state index contributed by atoms with van der Waals surface area (Å²) in [4.78, 5) is 14.8. The summed E-state index contributed by atoms with van der Waals surface area (Å²) < 4.78 is 66.9. The first-order valence-corrected chi connectivity index (χ1v) is 10.6. The molecule has 1 aliphatic rings. The topological polar surface area (TPSA) is 103 Å². The van der Waals surface area contributed by atoms with Gasteiger partial charge < -0.3 is 9.08 Å². The SMILES string of the molecule is Cc1ncc(C)n2nc(/C=C/c3cc(OS(=O)(=O)C(F)(F)F)cc(N4CCC4)n3)nc12. The molecule has 9 nitrogen and oxygen atoms in total. The summed E-state index contributed by atoms with van der Waals surface area (Å²) in [5, 5.41) is 4.35. The second kappa shape index (κ2) is 7.48.